The van der Waals surface area contributed by atoms with E-state index in [1.165, 1.54) is 31.7 Å². The van der Waals surface area contributed by atoms with Crippen LogP contribution < -0.4 is 0 Å². The van der Waals surface area contributed by atoms with E-state index in [2.05, 4.69) is 27.7 Å². The lowest BCUT2D eigenvalue weighted by atomic mass is 9.89. The van der Waals surface area contributed by atoms with Crippen molar-refractivity contribution in [1.82, 2.24) is 0 Å². The number of benzene rings is 1. The summed E-state index contributed by atoms with van der Waals surface area (Å²) in [6, 6.07) is 1.30. The van der Waals surface area contributed by atoms with Crippen LogP contribution in [0.25, 0.3) is 0 Å². The van der Waals surface area contributed by atoms with Gasteiger partial charge in [0.25, 0.3) is 0 Å². The molecule has 8 nitrogen and oxygen atoms in total. The number of carbonyl (C=O) groups excluding carboxylic acids is 4. The maximum Gasteiger partial charge on any atom is 0.339 e. The molecule has 1 aromatic rings. The van der Waals surface area contributed by atoms with Crippen molar-refractivity contribution in [3.05, 3.63) is 33.9 Å². The van der Waals surface area contributed by atoms with Crippen molar-refractivity contribution >= 4 is 23.9 Å². The van der Waals surface area contributed by atoms with Crippen molar-refractivity contribution in [2.45, 2.75) is 195 Å². The molecule has 52 heavy (non-hydrogen) atoms. The lowest BCUT2D eigenvalue weighted by Crippen LogP contribution is -2.24. The Morgan fingerprint density at radius 1 is 0.365 bits per heavy atom. The molecule has 1 aromatic carbocycles. The highest BCUT2D eigenvalue weighted by molar-refractivity contribution is 6.12. The molecule has 1 rings (SSSR count). The molecule has 0 aromatic heterocycles. The maximum absolute atomic E-state index is 13.8. The monoisotopic (exact) mass is 731 g/mol. The number of rotatable bonds is 33. The lowest BCUT2D eigenvalue weighted by Gasteiger charge is -2.20. The second-order valence-corrected chi connectivity index (χ2v) is 14.2. The van der Waals surface area contributed by atoms with Crippen molar-refractivity contribution in [3.8, 4) is 0 Å². The molecular formula is C44H74O8. The standard InChI is InChI=1S/C44H74O8/c1-6-11-15-19-23-27-31-49-41(45)37-35-38(42(46)50-32-28-24-20-16-12-7-2)40(44(48)52-34-30-26-22-18-14-9-4)36(10-5)39(37)43(47)51-33-29-25-21-17-13-8-3/h35H,6-34H2,1-5H3. The third-order valence-corrected chi connectivity index (χ3v) is 9.56. The van der Waals surface area contributed by atoms with Gasteiger partial charge in [-0.2, -0.15) is 0 Å². The van der Waals surface area contributed by atoms with Gasteiger partial charge in [-0.3, -0.25) is 0 Å². The van der Waals surface area contributed by atoms with Crippen LogP contribution in [0.4, 0.5) is 0 Å². The molecule has 0 unspecified atom stereocenters. The van der Waals surface area contributed by atoms with E-state index in [0.29, 0.717) is 25.7 Å². The van der Waals surface area contributed by atoms with E-state index >= 15 is 0 Å². The number of unbranched alkanes of at least 4 members (excludes halogenated alkanes) is 20. The summed E-state index contributed by atoms with van der Waals surface area (Å²) < 4.78 is 22.8. The summed E-state index contributed by atoms with van der Waals surface area (Å²) in [5.74, 6) is -2.83. The Hall–Kier alpha value is -2.90. The van der Waals surface area contributed by atoms with Gasteiger partial charge in [0.15, 0.2) is 0 Å². The molecule has 0 aliphatic rings. The summed E-state index contributed by atoms with van der Waals surface area (Å²) in [5.41, 5.74) is 0.0480. The van der Waals surface area contributed by atoms with E-state index in [1.807, 2.05) is 0 Å². The largest absolute Gasteiger partial charge is 0.462 e. The Morgan fingerprint density at radius 3 is 0.885 bits per heavy atom. The van der Waals surface area contributed by atoms with E-state index < -0.39 is 23.9 Å². The summed E-state index contributed by atoms with van der Waals surface area (Å²) in [6.07, 6.45) is 24.8. The third kappa shape index (κ3) is 19.8. The maximum atomic E-state index is 13.8. The highest BCUT2D eigenvalue weighted by Crippen LogP contribution is 2.29. The normalized spacial score (nSPS) is 11.0. The Kier molecular flexibility index (Phi) is 28.6. The molecule has 0 saturated carbocycles. The number of ether oxygens (including phenoxy) is 4. The fourth-order valence-corrected chi connectivity index (χ4v) is 6.37. The van der Waals surface area contributed by atoms with E-state index in [9.17, 15) is 19.2 Å². The fraction of sp³-hybridized carbons (Fsp3) is 0.773. The molecule has 0 heterocycles. The number of carbonyl (C=O) groups is 4. The van der Waals surface area contributed by atoms with Gasteiger partial charge in [0, 0.05) is 0 Å². The van der Waals surface area contributed by atoms with Gasteiger partial charge in [0.05, 0.1) is 48.7 Å². The van der Waals surface area contributed by atoms with E-state index in [-0.39, 0.29) is 60.7 Å². The Bertz CT molecular complexity index is 1050. The van der Waals surface area contributed by atoms with Crippen LogP contribution in [0.15, 0.2) is 6.07 Å². The van der Waals surface area contributed by atoms with Crippen molar-refractivity contribution in [2.75, 3.05) is 26.4 Å². The van der Waals surface area contributed by atoms with Gasteiger partial charge in [-0.05, 0) is 43.7 Å². The zero-order chi connectivity index (χ0) is 38.2. The minimum Gasteiger partial charge on any atom is -0.462 e. The van der Waals surface area contributed by atoms with E-state index in [1.54, 1.807) is 6.92 Å². The number of hydrogen-bond acceptors (Lipinski definition) is 8. The highest BCUT2D eigenvalue weighted by atomic mass is 16.5. The zero-order valence-electron chi connectivity index (χ0n) is 33.8. The summed E-state index contributed by atoms with van der Waals surface area (Å²) >= 11 is 0. The van der Waals surface area contributed by atoms with Crippen LogP contribution >= 0.6 is 0 Å². The van der Waals surface area contributed by atoms with Crippen molar-refractivity contribution < 1.29 is 38.1 Å². The lowest BCUT2D eigenvalue weighted by molar-refractivity contribution is 0.0432. The molecule has 0 amide bonds. The van der Waals surface area contributed by atoms with Gasteiger partial charge in [0.1, 0.15) is 0 Å². The predicted molar refractivity (Wildman–Crippen MR) is 210 cm³/mol. The minimum absolute atomic E-state index is 0.0274. The predicted octanol–water partition coefficient (Wildman–Crippen LogP) is 12.3. The summed E-state index contributed by atoms with van der Waals surface area (Å²) in [6.45, 7) is 11.2. The molecule has 0 spiro atoms. The van der Waals surface area contributed by atoms with Crippen LogP contribution in [-0.2, 0) is 25.4 Å². The molecule has 0 N–H and O–H groups in total. The Balaban J connectivity index is 3.42. The first-order chi connectivity index (χ1) is 25.4. The molecule has 0 saturated heterocycles. The van der Waals surface area contributed by atoms with Gasteiger partial charge >= 0.3 is 23.9 Å². The second-order valence-electron chi connectivity index (χ2n) is 14.2. The average molecular weight is 731 g/mol. The van der Waals surface area contributed by atoms with Gasteiger partial charge < -0.3 is 18.9 Å². The van der Waals surface area contributed by atoms with Crippen molar-refractivity contribution in [2.24, 2.45) is 0 Å². The molecule has 8 heteroatoms. The summed E-state index contributed by atoms with van der Waals surface area (Å²) in [4.78, 5) is 55.1. The number of hydrogen-bond donors (Lipinski definition) is 0. The van der Waals surface area contributed by atoms with Crippen LogP contribution in [0.2, 0.25) is 0 Å². The molecule has 298 valence electrons. The van der Waals surface area contributed by atoms with Crippen LogP contribution in [-0.4, -0.2) is 50.3 Å². The smallest absolute Gasteiger partial charge is 0.339 e. The van der Waals surface area contributed by atoms with Crippen molar-refractivity contribution in [3.63, 3.8) is 0 Å². The number of esters is 4. The SMILES string of the molecule is CCCCCCCCOC(=O)c1cc(C(=O)OCCCCCCCC)c(C(=O)OCCCCCCCC)c(CC)c1C(=O)OCCCCCCCC. The van der Waals surface area contributed by atoms with Crippen molar-refractivity contribution in [1.29, 1.82) is 0 Å². The molecule has 0 fully saturated rings. The average Bonchev–Trinajstić information content (AvgIpc) is 3.15. The van der Waals surface area contributed by atoms with Crippen LogP contribution in [0.3, 0.4) is 0 Å². The Morgan fingerprint density at radius 2 is 0.615 bits per heavy atom. The molecule has 0 aliphatic heterocycles. The van der Waals surface area contributed by atoms with Gasteiger partial charge in [-0.25, -0.2) is 19.2 Å². The summed E-state index contributed by atoms with van der Waals surface area (Å²) in [7, 11) is 0. The zero-order valence-corrected chi connectivity index (χ0v) is 33.8. The molecular weight excluding hydrogens is 656 g/mol. The van der Waals surface area contributed by atoms with Gasteiger partial charge in [-0.1, -0.05) is 163 Å². The van der Waals surface area contributed by atoms with Gasteiger partial charge in [0.2, 0.25) is 0 Å². The summed E-state index contributed by atoms with van der Waals surface area (Å²) in [5, 5.41) is 0. The molecule has 0 radical (unpaired) electrons. The first-order valence-electron chi connectivity index (χ1n) is 21.3. The van der Waals surface area contributed by atoms with Gasteiger partial charge in [-0.15, -0.1) is 0 Å². The Labute approximate surface area is 316 Å². The quantitative estimate of drug-likeness (QED) is 0.0400. The van der Waals surface area contributed by atoms with E-state index in [0.717, 1.165) is 103 Å². The van der Waals surface area contributed by atoms with Crippen LogP contribution in [0, 0.1) is 0 Å². The first-order valence-corrected chi connectivity index (χ1v) is 21.3. The minimum atomic E-state index is -0.716. The molecule has 0 bridgehead atoms. The molecule has 0 atom stereocenters. The second kappa shape index (κ2) is 31.6. The van der Waals surface area contributed by atoms with Crippen LogP contribution in [0.5, 0.6) is 0 Å². The first kappa shape index (κ1) is 47.1. The topological polar surface area (TPSA) is 105 Å². The molecule has 0 aliphatic carbocycles. The van der Waals surface area contributed by atoms with Crippen LogP contribution in [0.1, 0.15) is 236 Å². The van der Waals surface area contributed by atoms with E-state index in [4.69, 9.17) is 18.9 Å². The highest BCUT2D eigenvalue weighted by Gasteiger charge is 2.33. The fourth-order valence-electron chi connectivity index (χ4n) is 6.37. The third-order valence-electron chi connectivity index (χ3n) is 9.56.